The summed E-state index contributed by atoms with van der Waals surface area (Å²) in [6.07, 6.45) is 3.43. The molecular formula is C15H20N2O2. The molecule has 0 saturated carbocycles. The fourth-order valence-corrected chi connectivity index (χ4v) is 2.25. The minimum atomic E-state index is -0.146. The molecule has 0 radical (unpaired) electrons. The summed E-state index contributed by atoms with van der Waals surface area (Å²) in [6.45, 7) is 1.64. The van der Waals surface area contributed by atoms with E-state index in [1.807, 2.05) is 0 Å². The number of carbonyl (C=O) groups excluding carboxylic acids is 1. The smallest absolute Gasteiger partial charge is 0.305 e. The number of methoxy groups -OCH3 is 1. The molecule has 0 fully saturated rings. The molecule has 0 amide bonds. The van der Waals surface area contributed by atoms with E-state index in [4.69, 9.17) is 0 Å². The van der Waals surface area contributed by atoms with Crippen molar-refractivity contribution in [3.8, 4) is 0 Å². The van der Waals surface area contributed by atoms with E-state index in [0.29, 0.717) is 6.42 Å². The van der Waals surface area contributed by atoms with Crippen molar-refractivity contribution in [3.63, 3.8) is 0 Å². The van der Waals surface area contributed by atoms with Gasteiger partial charge in [0.15, 0.2) is 0 Å². The molecule has 0 aliphatic heterocycles. The van der Waals surface area contributed by atoms with Crippen LogP contribution in [-0.2, 0) is 23.1 Å². The summed E-state index contributed by atoms with van der Waals surface area (Å²) in [4.78, 5) is 11.0. The largest absolute Gasteiger partial charge is 0.469 e. The first kappa shape index (κ1) is 13.6. The third-order valence-corrected chi connectivity index (χ3v) is 3.26. The maximum absolute atomic E-state index is 11.0. The number of hydrogen-bond donors (Lipinski definition) is 1. The Morgan fingerprint density at radius 3 is 2.95 bits per heavy atom. The maximum atomic E-state index is 11.0. The van der Waals surface area contributed by atoms with Gasteiger partial charge in [-0.3, -0.25) is 4.79 Å². The van der Waals surface area contributed by atoms with Crippen LogP contribution in [0.25, 0.3) is 10.9 Å². The number of para-hydroxylation sites is 1. The number of benzene rings is 1. The predicted octanol–water partition coefficient (Wildman–Crippen LogP) is 2.22. The molecule has 4 heteroatoms. The molecule has 2 aromatic rings. The molecule has 1 N–H and O–H groups in total. The Labute approximate surface area is 113 Å². The fraction of sp³-hybridized carbons (Fsp3) is 0.400. The maximum Gasteiger partial charge on any atom is 0.305 e. The third kappa shape index (κ3) is 3.35. The van der Waals surface area contributed by atoms with Crippen LogP contribution >= 0.6 is 0 Å². The Morgan fingerprint density at radius 2 is 2.16 bits per heavy atom. The highest BCUT2D eigenvalue weighted by molar-refractivity contribution is 5.83. The number of nitrogens with one attached hydrogen (secondary N) is 1. The van der Waals surface area contributed by atoms with Gasteiger partial charge >= 0.3 is 5.97 Å². The molecule has 0 atom stereocenters. The van der Waals surface area contributed by atoms with Crippen molar-refractivity contribution in [1.29, 1.82) is 0 Å². The Bertz CT molecular complexity index is 560. The van der Waals surface area contributed by atoms with Crippen molar-refractivity contribution in [2.75, 3.05) is 13.7 Å². The molecule has 4 nitrogen and oxygen atoms in total. The van der Waals surface area contributed by atoms with Crippen molar-refractivity contribution in [1.82, 2.24) is 9.88 Å². The number of fused-ring (bicyclic) bond motifs is 1. The van der Waals surface area contributed by atoms with Crippen LogP contribution < -0.4 is 5.32 Å². The number of aryl methyl sites for hydroxylation is 1. The van der Waals surface area contributed by atoms with Gasteiger partial charge in [-0.25, -0.2) is 0 Å². The summed E-state index contributed by atoms with van der Waals surface area (Å²) in [6, 6.07) is 8.37. The zero-order chi connectivity index (χ0) is 13.7. The van der Waals surface area contributed by atoms with Crippen LogP contribution in [0.3, 0.4) is 0 Å². The molecule has 0 spiro atoms. The highest BCUT2D eigenvalue weighted by Gasteiger charge is 2.05. The molecule has 0 unspecified atom stereocenters. The molecule has 1 aromatic heterocycles. The molecule has 102 valence electrons. The van der Waals surface area contributed by atoms with E-state index in [0.717, 1.165) is 19.5 Å². The minimum Gasteiger partial charge on any atom is -0.469 e. The van der Waals surface area contributed by atoms with Crippen LogP contribution in [0.4, 0.5) is 0 Å². The first-order valence-corrected chi connectivity index (χ1v) is 6.53. The number of hydrogen-bond acceptors (Lipinski definition) is 3. The van der Waals surface area contributed by atoms with Crippen molar-refractivity contribution < 1.29 is 9.53 Å². The average molecular weight is 260 g/mol. The molecule has 0 aliphatic carbocycles. The van der Waals surface area contributed by atoms with Crippen LogP contribution in [0.1, 0.15) is 18.4 Å². The molecule has 0 saturated heterocycles. The third-order valence-electron chi connectivity index (χ3n) is 3.26. The fourth-order valence-electron chi connectivity index (χ4n) is 2.25. The second-order valence-corrected chi connectivity index (χ2v) is 4.64. The first-order valence-electron chi connectivity index (χ1n) is 6.53. The van der Waals surface area contributed by atoms with Gasteiger partial charge in [-0.2, -0.15) is 0 Å². The lowest BCUT2D eigenvalue weighted by molar-refractivity contribution is -0.140. The lowest BCUT2D eigenvalue weighted by Gasteiger charge is -2.03. The van der Waals surface area contributed by atoms with E-state index >= 15 is 0 Å². The lowest BCUT2D eigenvalue weighted by Crippen LogP contribution is -2.16. The molecule has 2 rings (SSSR count). The van der Waals surface area contributed by atoms with E-state index in [1.165, 1.54) is 23.6 Å². The van der Waals surface area contributed by atoms with Gasteiger partial charge < -0.3 is 14.6 Å². The summed E-state index contributed by atoms with van der Waals surface area (Å²) < 4.78 is 6.75. The molecule has 1 heterocycles. The minimum absolute atomic E-state index is 0.146. The van der Waals surface area contributed by atoms with Crippen LogP contribution in [0, 0.1) is 0 Å². The summed E-state index contributed by atoms with van der Waals surface area (Å²) >= 11 is 0. The van der Waals surface area contributed by atoms with Crippen LogP contribution in [0.5, 0.6) is 0 Å². The van der Waals surface area contributed by atoms with Crippen molar-refractivity contribution in [2.24, 2.45) is 7.05 Å². The molecule has 0 aliphatic rings. The summed E-state index contributed by atoms with van der Waals surface area (Å²) in [5.74, 6) is -0.146. The highest BCUT2D eigenvalue weighted by Crippen LogP contribution is 2.19. The number of aromatic nitrogens is 1. The monoisotopic (exact) mass is 260 g/mol. The Balaban J connectivity index is 1.87. The number of rotatable bonds is 6. The van der Waals surface area contributed by atoms with Gasteiger partial charge in [-0.05, 0) is 24.6 Å². The standard InChI is InChI=1S/C15H20N2O2/c1-17-11-12(13-6-3-4-7-14(13)17)10-16-9-5-8-15(18)19-2/h3-4,6-7,11,16H,5,8-10H2,1-2H3. The highest BCUT2D eigenvalue weighted by atomic mass is 16.5. The van der Waals surface area contributed by atoms with Gasteiger partial charge in [0.2, 0.25) is 0 Å². The van der Waals surface area contributed by atoms with E-state index in [2.05, 4.69) is 52.1 Å². The number of nitrogens with zero attached hydrogens (tertiary/aromatic N) is 1. The van der Waals surface area contributed by atoms with Crippen molar-refractivity contribution >= 4 is 16.9 Å². The second kappa shape index (κ2) is 6.38. The number of carbonyl (C=O) groups is 1. The van der Waals surface area contributed by atoms with E-state index in [9.17, 15) is 4.79 Å². The summed E-state index contributed by atoms with van der Waals surface area (Å²) in [5.41, 5.74) is 2.53. The van der Waals surface area contributed by atoms with Gasteiger partial charge in [-0.1, -0.05) is 18.2 Å². The van der Waals surface area contributed by atoms with Crippen molar-refractivity contribution in [3.05, 3.63) is 36.0 Å². The summed E-state index contributed by atoms with van der Waals surface area (Å²) in [5, 5.41) is 4.65. The SMILES string of the molecule is COC(=O)CCCNCc1cn(C)c2ccccc12. The summed E-state index contributed by atoms with van der Waals surface area (Å²) in [7, 11) is 3.48. The Hall–Kier alpha value is -1.81. The van der Waals surface area contributed by atoms with Gasteiger partial charge in [0.25, 0.3) is 0 Å². The predicted molar refractivity (Wildman–Crippen MR) is 75.9 cm³/mol. The average Bonchev–Trinajstić information content (AvgIpc) is 2.75. The van der Waals surface area contributed by atoms with Crippen LogP contribution in [-0.4, -0.2) is 24.2 Å². The Morgan fingerprint density at radius 1 is 1.37 bits per heavy atom. The van der Waals surface area contributed by atoms with E-state index < -0.39 is 0 Å². The van der Waals surface area contributed by atoms with Gasteiger partial charge in [0.05, 0.1) is 7.11 Å². The van der Waals surface area contributed by atoms with Gasteiger partial charge in [0.1, 0.15) is 0 Å². The van der Waals surface area contributed by atoms with Crippen molar-refractivity contribution in [2.45, 2.75) is 19.4 Å². The number of esters is 1. The van der Waals surface area contributed by atoms with E-state index in [-0.39, 0.29) is 5.97 Å². The normalized spacial score (nSPS) is 10.8. The number of ether oxygens (including phenoxy) is 1. The van der Waals surface area contributed by atoms with E-state index in [1.54, 1.807) is 0 Å². The zero-order valence-corrected chi connectivity index (χ0v) is 11.5. The van der Waals surface area contributed by atoms with Crippen LogP contribution in [0.2, 0.25) is 0 Å². The van der Waals surface area contributed by atoms with Gasteiger partial charge in [0, 0.05) is 37.1 Å². The molecule has 1 aromatic carbocycles. The lowest BCUT2D eigenvalue weighted by atomic mass is 10.2. The van der Waals surface area contributed by atoms with Gasteiger partial charge in [-0.15, -0.1) is 0 Å². The Kier molecular flexibility index (Phi) is 4.58. The van der Waals surface area contributed by atoms with Crippen LogP contribution in [0.15, 0.2) is 30.5 Å². The quantitative estimate of drug-likeness (QED) is 0.640. The first-order chi connectivity index (χ1) is 9.22. The molecular weight excluding hydrogens is 240 g/mol. The topological polar surface area (TPSA) is 43.3 Å². The zero-order valence-electron chi connectivity index (χ0n) is 11.5. The molecule has 19 heavy (non-hydrogen) atoms. The second-order valence-electron chi connectivity index (χ2n) is 4.64. The molecule has 0 bridgehead atoms.